The van der Waals surface area contributed by atoms with Crippen molar-refractivity contribution < 1.29 is 4.74 Å². The van der Waals surface area contributed by atoms with E-state index in [1.54, 1.807) is 0 Å². The molecule has 1 atom stereocenters. The third-order valence-corrected chi connectivity index (χ3v) is 4.31. The lowest BCUT2D eigenvalue weighted by Crippen LogP contribution is -2.39. The Morgan fingerprint density at radius 3 is 2.83 bits per heavy atom. The molecule has 2 rings (SSSR count). The molecule has 0 amide bonds. The smallest absolute Gasteiger partial charge is 0.188 e. The highest BCUT2D eigenvalue weighted by Gasteiger charge is 2.35. The van der Waals surface area contributed by atoms with Crippen LogP contribution < -0.4 is 11.1 Å². The zero-order valence-electron chi connectivity index (χ0n) is 11.6. The van der Waals surface area contributed by atoms with Gasteiger partial charge in [-0.25, -0.2) is 0 Å². The Balaban J connectivity index is 1.70. The first-order valence-electron chi connectivity index (χ1n) is 7.39. The van der Waals surface area contributed by atoms with Crippen molar-refractivity contribution in [1.82, 2.24) is 5.32 Å². The number of nitrogens with one attached hydrogen (secondary N) is 1. The fourth-order valence-electron chi connectivity index (χ4n) is 3.03. The van der Waals surface area contributed by atoms with E-state index in [2.05, 4.69) is 17.2 Å². The van der Waals surface area contributed by atoms with E-state index in [9.17, 15) is 0 Å². The van der Waals surface area contributed by atoms with Gasteiger partial charge in [0.2, 0.25) is 0 Å². The Hall–Kier alpha value is -0.770. The van der Waals surface area contributed by atoms with Crippen molar-refractivity contribution in [3.63, 3.8) is 0 Å². The van der Waals surface area contributed by atoms with E-state index >= 15 is 0 Å². The maximum atomic E-state index is 5.92. The fourth-order valence-corrected chi connectivity index (χ4v) is 3.03. The van der Waals surface area contributed by atoms with Gasteiger partial charge in [0.1, 0.15) is 0 Å². The van der Waals surface area contributed by atoms with Gasteiger partial charge in [-0.3, -0.25) is 4.99 Å². The van der Waals surface area contributed by atoms with Gasteiger partial charge in [-0.2, -0.15) is 0 Å². The van der Waals surface area contributed by atoms with Gasteiger partial charge < -0.3 is 15.8 Å². The van der Waals surface area contributed by atoms with Crippen LogP contribution >= 0.6 is 0 Å². The Labute approximate surface area is 110 Å². The van der Waals surface area contributed by atoms with Crippen LogP contribution in [0.1, 0.15) is 51.9 Å². The van der Waals surface area contributed by atoms with Crippen LogP contribution in [0.15, 0.2) is 4.99 Å². The molecule has 3 N–H and O–H groups in total. The minimum Gasteiger partial charge on any atom is -0.376 e. The van der Waals surface area contributed by atoms with Crippen LogP contribution in [0.2, 0.25) is 0 Å². The number of ether oxygens (including phenoxy) is 1. The van der Waals surface area contributed by atoms with Gasteiger partial charge in [0, 0.05) is 19.7 Å². The Morgan fingerprint density at radius 2 is 2.28 bits per heavy atom. The van der Waals surface area contributed by atoms with Crippen LogP contribution in [-0.2, 0) is 4.74 Å². The molecule has 0 aromatic carbocycles. The summed E-state index contributed by atoms with van der Waals surface area (Å²) in [4.78, 5) is 4.53. The van der Waals surface area contributed by atoms with Crippen LogP contribution in [0.25, 0.3) is 0 Å². The van der Waals surface area contributed by atoms with Crippen LogP contribution in [0.3, 0.4) is 0 Å². The van der Waals surface area contributed by atoms with Crippen LogP contribution in [-0.4, -0.2) is 31.8 Å². The standard InChI is InChI=1S/C14H27N3O/c1-2-6-14(7-4-8-14)11-17-13(15)16-10-12-5-3-9-18-12/h12H,2-11H2,1H3,(H3,15,16,17). The lowest BCUT2D eigenvalue weighted by atomic mass is 9.66. The number of hydrogen-bond acceptors (Lipinski definition) is 2. The molecule has 1 saturated heterocycles. The highest BCUT2D eigenvalue weighted by molar-refractivity contribution is 5.77. The van der Waals surface area contributed by atoms with Gasteiger partial charge in [0.05, 0.1) is 6.10 Å². The second-order valence-corrected chi connectivity index (χ2v) is 5.82. The Morgan fingerprint density at radius 1 is 1.44 bits per heavy atom. The Bertz CT molecular complexity index is 281. The molecule has 1 saturated carbocycles. The molecule has 0 aromatic rings. The van der Waals surface area contributed by atoms with Gasteiger partial charge in [-0.1, -0.05) is 19.8 Å². The molecule has 0 aromatic heterocycles. The molecule has 2 aliphatic rings. The summed E-state index contributed by atoms with van der Waals surface area (Å²) in [5.41, 5.74) is 6.38. The number of hydrogen-bond donors (Lipinski definition) is 2. The predicted octanol–water partition coefficient (Wildman–Crippen LogP) is 2.04. The highest BCUT2D eigenvalue weighted by atomic mass is 16.5. The number of aliphatic imine (C=N–C) groups is 1. The third kappa shape index (κ3) is 3.61. The quantitative estimate of drug-likeness (QED) is 0.562. The first-order chi connectivity index (χ1) is 8.74. The molecule has 4 nitrogen and oxygen atoms in total. The molecule has 0 bridgehead atoms. The van der Waals surface area contributed by atoms with Crippen molar-refractivity contribution in [2.24, 2.45) is 16.1 Å². The summed E-state index contributed by atoms with van der Waals surface area (Å²) in [6.07, 6.45) is 9.18. The molecular formula is C14H27N3O. The summed E-state index contributed by atoms with van der Waals surface area (Å²) < 4.78 is 5.55. The van der Waals surface area contributed by atoms with Gasteiger partial charge in [0.15, 0.2) is 5.96 Å². The van der Waals surface area contributed by atoms with Gasteiger partial charge in [0.25, 0.3) is 0 Å². The average Bonchev–Trinajstić information content (AvgIpc) is 2.82. The molecule has 1 aliphatic carbocycles. The first kappa shape index (κ1) is 13.7. The zero-order chi connectivity index (χ0) is 12.8. The molecule has 2 fully saturated rings. The maximum absolute atomic E-state index is 5.92. The van der Waals surface area contributed by atoms with Crippen LogP contribution in [0.5, 0.6) is 0 Å². The van der Waals surface area contributed by atoms with E-state index in [1.165, 1.54) is 38.5 Å². The molecule has 4 heteroatoms. The van der Waals surface area contributed by atoms with E-state index in [1.807, 2.05) is 0 Å². The van der Waals surface area contributed by atoms with E-state index in [0.717, 1.165) is 26.1 Å². The lowest BCUT2D eigenvalue weighted by Gasteiger charge is -2.40. The summed E-state index contributed by atoms with van der Waals surface area (Å²) in [6.45, 7) is 4.84. The second kappa shape index (κ2) is 6.41. The molecule has 18 heavy (non-hydrogen) atoms. The van der Waals surface area contributed by atoms with Crippen molar-refractivity contribution >= 4 is 5.96 Å². The minimum absolute atomic E-state index is 0.326. The Kier molecular flexibility index (Phi) is 4.87. The molecule has 0 spiro atoms. The first-order valence-corrected chi connectivity index (χ1v) is 7.39. The fraction of sp³-hybridized carbons (Fsp3) is 0.929. The molecule has 1 heterocycles. The largest absolute Gasteiger partial charge is 0.376 e. The molecule has 104 valence electrons. The lowest BCUT2D eigenvalue weighted by molar-refractivity contribution is 0.113. The second-order valence-electron chi connectivity index (χ2n) is 5.82. The molecule has 1 aliphatic heterocycles. The summed E-state index contributed by atoms with van der Waals surface area (Å²) in [5, 5.41) is 3.19. The topological polar surface area (TPSA) is 59.6 Å². The number of rotatable bonds is 6. The maximum Gasteiger partial charge on any atom is 0.188 e. The molecule has 1 unspecified atom stereocenters. The summed E-state index contributed by atoms with van der Waals surface area (Å²) in [5.74, 6) is 0.591. The van der Waals surface area contributed by atoms with Crippen LogP contribution in [0.4, 0.5) is 0 Å². The molecular weight excluding hydrogens is 226 g/mol. The number of guanidine groups is 1. The van der Waals surface area contributed by atoms with Gasteiger partial charge in [-0.15, -0.1) is 0 Å². The molecule has 0 radical (unpaired) electrons. The SMILES string of the molecule is CCCC1(CN=C(N)NCC2CCCO2)CCC1. The van der Waals surface area contributed by atoms with Crippen molar-refractivity contribution in [2.45, 2.75) is 58.0 Å². The minimum atomic E-state index is 0.326. The highest BCUT2D eigenvalue weighted by Crippen LogP contribution is 2.44. The van der Waals surface area contributed by atoms with Crippen molar-refractivity contribution in [1.29, 1.82) is 0 Å². The monoisotopic (exact) mass is 253 g/mol. The van der Waals surface area contributed by atoms with Crippen molar-refractivity contribution in [3.05, 3.63) is 0 Å². The average molecular weight is 253 g/mol. The predicted molar refractivity (Wildman–Crippen MR) is 74.7 cm³/mol. The summed E-state index contributed by atoms with van der Waals surface area (Å²) in [7, 11) is 0. The van der Waals surface area contributed by atoms with E-state index in [-0.39, 0.29) is 0 Å². The van der Waals surface area contributed by atoms with E-state index in [0.29, 0.717) is 17.5 Å². The van der Waals surface area contributed by atoms with Crippen molar-refractivity contribution in [3.8, 4) is 0 Å². The normalized spacial score (nSPS) is 26.9. The third-order valence-electron chi connectivity index (χ3n) is 4.31. The van der Waals surface area contributed by atoms with E-state index in [4.69, 9.17) is 10.5 Å². The van der Waals surface area contributed by atoms with Crippen molar-refractivity contribution in [2.75, 3.05) is 19.7 Å². The summed E-state index contributed by atoms with van der Waals surface area (Å²) in [6, 6.07) is 0. The van der Waals surface area contributed by atoms with Gasteiger partial charge >= 0.3 is 0 Å². The van der Waals surface area contributed by atoms with Gasteiger partial charge in [-0.05, 0) is 37.5 Å². The number of nitrogens with two attached hydrogens (primary N) is 1. The zero-order valence-corrected chi connectivity index (χ0v) is 11.6. The number of nitrogens with zero attached hydrogens (tertiary/aromatic N) is 1. The van der Waals surface area contributed by atoms with E-state index < -0.39 is 0 Å². The van der Waals surface area contributed by atoms with Crippen LogP contribution in [0, 0.1) is 5.41 Å². The summed E-state index contributed by atoms with van der Waals surface area (Å²) >= 11 is 0.